The van der Waals surface area contributed by atoms with E-state index < -0.39 is 0 Å². The minimum Gasteiger partial charge on any atom is -0.353 e. The van der Waals surface area contributed by atoms with Gasteiger partial charge in [0.1, 0.15) is 5.82 Å². The van der Waals surface area contributed by atoms with Crippen molar-refractivity contribution in [1.82, 2.24) is 15.1 Å². The highest BCUT2D eigenvalue weighted by molar-refractivity contribution is 5.89. The number of carbonyl (C=O) groups is 2. The van der Waals surface area contributed by atoms with Crippen molar-refractivity contribution in [1.29, 1.82) is 0 Å². The van der Waals surface area contributed by atoms with E-state index in [0.717, 1.165) is 31.5 Å². The van der Waals surface area contributed by atoms with Crippen LogP contribution >= 0.6 is 0 Å². The number of carbonyl (C=O) groups excluding carboxylic acids is 2. The topological polar surface area (TPSA) is 52.7 Å². The summed E-state index contributed by atoms with van der Waals surface area (Å²) in [7, 11) is 2.08. The number of likely N-dealkylation sites (tertiary alicyclic amines) is 2. The van der Waals surface area contributed by atoms with Gasteiger partial charge in [0.15, 0.2) is 0 Å². The molecular formula is C18H24FN3O2. The number of rotatable bonds is 4. The van der Waals surface area contributed by atoms with Gasteiger partial charge in [-0.25, -0.2) is 4.39 Å². The third kappa shape index (κ3) is 4.12. The Morgan fingerprint density at radius 1 is 1.25 bits per heavy atom. The molecule has 1 aromatic rings. The predicted molar refractivity (Wildman–Crippen MR) is 88.6 cm³/mol. The van der Waals surface area contributed by atoms with Crippen molar-refractivity contribution in [3.8, 4) is 0 Å². The Balaban J connectivity index is 1.52. The Hall–Kier alpha value is -1.95. The van der Waals surface area contributed by atoms with E-state index in [0.29, 0.717) is 13.1 Å². The summed E-state index contributed by atoms with van der Waals surface area (Å²) in [6.07, 6.45) is 2.18. The third-order valence-electron chi connectivity index (χ3n) is 4.94. The van der Waals surface area contributed by atoms with Gasteiger partial charge < -0.3 is 15.1 Å². The SMILES string of the molecule is CN1CCC(NC(=O)[C@H]2CC(=O)N(Cc3ccc(F)cc3)C2)CC1. The number of benzene rings is 1. The summed E-state index contributed by atoms with van der Waals surface area (Å²) in [6.45, 7) is 2.85. The van der Waals surface area contributed by atoms with E-state index in [9.17, 15) is 14.0 Å². The maximum absolute atomic E-state index is 13.0. The minimum atomic E-state index is -0.290. The lowest BCUT2D eigenvalue weighted by atomic mass is 10.0. The maximum Gasteiger partial charge on any atom is 0.225 e. The largest absolute Gasteiger partial charge is 0.353 e. The second-order valence-electron chi connectivity index (χ2n) is 6.89. The summed E-state index contributed by atoms with van der Waals surface area (Å²) in [6, 6.07) is 6.35. The number of nitrogens with zero attached hydrogens (tertiary/aromatic N) is 2. The lowest BCUT2D eigenvalue weighted by molar-refractivity contribution is -0.129. The van der Waals surface area contributed by atoms with E-state index in [1.165, 1.54) is 12.1 Å². The van der Waals surface area contributed by atoms with Gasteiger partial charge in [0.2, 0.25) is 11.8 Å². The van der Waals surface area contributed by atoms with Gasteiger partial charge >= 0.3 is 0 Å². The molecule has 1 N–H and O–H groups in total. The van der Waals surface area contributed by atoms with Crippen LogP contribution in [0.2, 0.25) is 0 Å². The first-order valence-electron chi connectivity index (χ1n) is 8.52. The molecule has 0 radical (unpaired) electrons. The molecule has 5 nitrogen and oxygen atoms in total. The Bertz CT molecular complexity index is 597. The van der Waals surface area contributed by atoms with Crippen molar-refractivity contribution in [2.45, 2.75) is 31.8 Å². The van der Waals surface area contributed by atoms with Crippen molar-refractivity contribution in [3.05, 3.63) is 35.6 Å². The summed E-state index contributed by atoms with van der Waals surface area (Å²) in [4.78, 5) is 28.5. The maximum atomic E-state index is 13.0. The zero-order valence-electron chi connectivity index (χ0n) is 14.0. The van der Waals surface area contributed by atoms with Gasteiger partial charge in [-0.2, -0.15) is 0 Å². The molecule has 2 fully saturated rings. The molecule has 0 unspecified atom stereocenters. The quantitative estimate of drug-likeness (QED) is 0.906. The summed E-state index contributed by atoms with van der Waals surface area (Å²) in [5, 5.41) is 3.10. The van der Waals surface area contributed by atoms with Crippen LogP contribution in [-0.4, -0.2) is 54.3 Å². The van der Waals surface area contributed by atoms with Gasteiger partial charge in [-0.1, -0.05) is 12.1 Å². The fourth-order valence-electron chi connectivity index (χ4n) is 3.38. The molecule has 0 spiro atoms. The Morgan fingerprint density at radius 2 is 1.92 bits per heavy atom. The van der Waals surface area contributed by atoms with Crippen molar-refractivity contribution < 1.29 is 14.0 Å². The molecule has 0 bridgehead atoms. The molecule has 1 aromatic carbocycles. The molecule has 2 saturated heterocycles. The third-order valence-corrected chi connectivity index (χ3v) is 4.94. The molecule has 2 amide bonds. The Kier molecular flexibility index (Phi) is 5.14. The zero-order chi connectivity index (χ0) is 17.1. The van der Waals surface area contributed by atoms with Crippen LogP contribution in [0.5, 0.6) is 0 Å². The lowest BCUT2D eigenvalue weighted by Crippen LogP contribution is -2.45. The molecule has 130 valence electrons. The highest BCUT2D eigenvalue weighted by atomic mass is 19.1. The van der Waals surface area contributed by atoms with E-state index in [2.05, 4.69) is 17.3 Å². The zero-order valence-corrected chi connectivity index (χ0v) is 14.0. The van der Waals surface area contributed by atoms with E-state index in [1.54, 1.807) is 17.0 Å². The summed E-state index contributed by atoms with van der Waals surface area (Å²) >= 11 is 0. The first-order valence-corrected chi connectivity index (χ1v) is 8.52. The second kappa shape index (κ2) is 7.30. The first kappa shape index (κ1) is 16.9. The van der Waals surface area contributed by atoms with Gasteiger partial charge in [0, 0.05) is 25.6 Å². The highest BCUT2D eigenvalue weighted by Gasteiger charge is 2.35. The van der Waals surface area contributed by atoms with Crippen LogP contribution in [0.1, 0.15) is 24.8 Å². The predicted octanol–water partition coefficient (Wildman–Crippen LogP) is 1.38. The molecular weight excluding hydrogens is 309 g/mol. The molecule has 3 rings (SSSR count). The van der Waals surface area contributed by atoms with Gasteiger partial charge in [-0.05, 0) is 50.7 Å². The van der Waals surface area contributed by atoms with Crippen LogP contribution in [0.25, 0.3) is 0 Å². The van der Waals surface area contributed by atoms with Crippen molar-refractivity contribution in [3.63, 3.8) is 0 Å². The van der Waals surface area contributed by atoms with Crippen LogP contribution in [0.3, 0.4) is 0 Å². The molecule has 0 saturated carbocycles. The first-order chi connectivity index (χ1) is 11.5. The number of halogens is 1. The highest BCUT2D eigenvalue weighted by Crippen LogP contribution is 2.21. The summed E-state index contributed by atoms with van der Waals surface area (Å²) in [5.74, 6) is -0.596. The van der Waals surface area contributed by atoms with Crippen molar-refractivity contribution in [2.75, 3.05) is 26.7 Å². The number of hydrogen-bond donors (Lipinski definition) is 1. The van der Waals surface area contributed by atoms with E-state index in [-0.39, 0.29) is 36.0 Å². The second-order valence-corrected chi connectivity index (χ2v) is 6.89. The van der Waals surface area contributed by atoms with Crippen molar-refractivity contribution >= 4 is 11.8 Å². The molecule has 2 aliphatic rings. The standard InChI is InChI=1S/C18H24FN3O2/c1-21-8-6-16(7-9-21)20-18(24)14-10-17(23)22(12-14)11-13-2-4-15(19)5-3-13/h2-5,14,16H,6-12H2,1H3,(H,20,24)/t14-/m0/s1. The van der Waals surface area contributed by atoms with Gasteiger partial charge in [0.25, 0.3) is 0 Å². The Morgan fingerprint density at radius 3 is 2.58 bits per heavy atom. The number of piperidine rings is 1. The van der Waals surface area contributed by atoms with E-state index in [4.69, 9.17) is 0 Å². The fourth-order valence-corrected chi connectivity index (χ4v) is 3.38. The number of nitrogens with one attached hydrogen (secondary N) is 1. The molecule has 0 aromatic heterocycles. The van der Waals surface area contributed by atoms with Crippen LogP contribution in [-0.2, 0) is 16.1 Å². The molecule has 0 aliphatic carbocycles. The van der Waals surface area contributed by atoms with Crippen molar-refractivity contribution in [2.24, 2.45) is 5.92 Å². The van der Waals surface area contributed by atoms with Crippen LogP contribution in [0.4, 0.5) is 4.39 Å². The molecule has 2 heterocycles. The van der Waals surface area contributed by atoms with Gasteiger partial charge in [-0.15, -0.1) is 0 Å². The van der Waals surface area contributed by atoms with E-state index >= 15 is 0 Å². The average molecular weight is 333 g/mol. The number of hydrogen-bond acceptors (Lipinski definition) is 3. The molecule has 24 heavy (non-hydrogen) atoms. The Labute approximate surface area is 141 Å². The number of amides is 2. The fraction of sp³-hybridized carbons (Fsp3) is 0.556. The van der Waals surface area contributed by atoms with Gasteiger partial charge in [-0.3, -0.25) is 9.59 Å². The molecule has 2 aliphatic heterocycles. The molecule has 6 heteroatoms. The van der Waals surface area contributed by atoms with Crippen LogP contribution < -0.4 is 5.32 Å². The smallest absolute Gasteiger partial charge is 0.225 e. The molecule has 1 atom stereocenters. The summed E-state index contributed by atoms with van der Waals surface area (Å²) < 4.78 is 13.0. The average Bonchev–Trinajstić information content (AvgIpc) is 2.93. The van der Waals surface area contributed by atoms with Gasteiger partial charge in [0.05, 0.1) is 5.92 Å². The van der Waals surface area contributed by atoms with Crippen LogP contribution in [0.15, 0.2) is 24.3 Å². The van der Waals surface area contributed by atoms with Crippen LogP contribution in [0, 0.1) is 11.7 Å². The minimum absolute atomic E-state index is 0.0112. The monoisotopic (exact) mass is 333 g/mol. The normalized spacial score (nSPS) is 22.8. The summed E-state index contributed by atoms with van der Waals surface area (Å²) in [5.41, 5.74) is 0.876. The van der Waals surface area contributed by atoms with E-state index in [1.807, 2.05) is 0 Å². The lowest BCUT2D eigenvalue weighted by Gasteiger charge is -2.30.